The van der Waals surface area contributed by atoms with Crippen LogP contribution in [0.25, 0.3) is 22.2 Å². The fourth-order valence-corrected chi connectivity index (χ4v) is 6.19. The minimum Gasteiger partial charge on any atom is -0.383 e. The normalized spacial score (nSPS) is 20.6. The second kappa shape index (κ2) is 11.4. The van der Waals surface area contributed by atoms with Gasteiger partial charge < -0.3 is 25.0 Å². The predicted molar refractivity (Wildman–Crippen MR) is 166 cm³/mol. The number of amides is 2. The molecule has 0 bridgehead atoms. The molecule has 4 heterocycles. The lowest BCUT2D eigenvalue weighted by Gasteiger charge is -2.41. The van der Waals surface area contributed by atoms with Crippen LogP contribution in [0.4, 0.5) is 22.1 Å². The third kappa shape index (κ3) is 5.84. The van der Waals surface area contributed by atoms with E-state index >= 15 is 0 Å². The summed E-state index contributed by atoms with van der Waals surface area (Å²) in [4.78, 5) is 26.7. The van der Waals surface area contributed by atoms with Gasteiger partial charge in [-0.1, -0.05) is 38.1 Å². The molecule has 1 saturated carbocycles. The number of fused-ring (bicyclic) bond motifs is 1. The molecule has 1 aromatic carbocycles. The van der Waals surface area contributed by atoms with Crippen molar-refractivity contribution in [3.05, 3.63) is 48.6 Å². The first kappa shape index (κ1) is 28.2. The van der Waals surface area contributed by atoms with Crippen LogP contribution in [-0.4, -0.2) is 74.8 Å². The minimum atomic E-state index is -0.391. The summed E-state index contributed by atoms with van der Waals surface area (Å²) in [6, 6.07) is 10.1. The third-order valence-electron chi connectivity index (χ3n) is 8.70. The lowest BCUT2D eigenvalue weighted by atomic mass is 9.89. The zero-order valence-electron chi connectivity index (χ0n) is 24.9. The number of urea groups is 1. The Balaban J connectivity index is 1.16. The molecule has 0 atom stereocenters. The smallest absolute Gasteiger partial charge is 0.324 e. The van der Waals surface area contributed by atoms with Crippen molar-refractivity contribution in [1.82, 2.24) is 29.5 Å². The van der Waals surface area contributed by atoms with E-state index in [1.165, 1.54) is 12.8 Å². The summed E-state index contributed by atoms with van der Waals surface area (Å²) < 4.78 is 7.67. The highest BCUT2D eigenvalue weighted by Gasteiger charge is 2.30. The number of nitrogens with one attached hydrogen (secondary N) is 2. The molecule has 0 radical (unpaired) electrons. The number of carbonyl (C=O) groups is 1. The van der Waals surface area contributed by atoms with E-state index in [1.807, 2.05) is 45.0 Å². The van der Waals surface area contributed by atoms with Gasteiger partial charge in [-0.15, -0.1) is 0 Å². The van der Waals surface area contributed by atoms with Crippen molar-refractivity contribution in [1.29, 1.82) is 0 Å². The van der Waals surface area contributed by atoms with E-state index in [-0.39, 0.29) is 5.41 Å². The Morgan fingerprint density at radius 1 is 0.976 bits per heavy atom. The molecule has 2 amide bonds. The number of hydrogen-bond donors (Lipinski definition) is 3. The third-order valence-corrected chi connectivity index (χ3v) is 8.70. The first-order valence-corrected chi connectivity index (χ1v) is 14.8. The van der Waals surface area contributed by atoms with Crippen LogP contribution in [0.15, 0.2) is 47.4 Å². The molecule has 3 aromatic heterocycles. The molecule has 0 spiro atoms. The van der Waals surface area contributed by atoms with Crippen LogP contribution in [0.3, 0.4) is 0 Å². The zero-order chi connectivity index (χ0) is 29.4. The van der Waals surface area contributed by atoms with Gasteiger partial charge in [-0.2, -0.15) is 0 Å². The first-order valence-electron chi connectivity index (χ1n) is 14.8. The quantitative estimate of drug-likeness (QED) is 0.293. The number of nitrogen functional groups attached to an aromatic ring is 1. The lowest BCUT2D eigenvalue weighted by molar-refractivity contribution is 0.0828. The predicted octanol–water partition coefficient (Wildman–Crippen LogP) is 5.34. The number of aromatic nitrogens is 4. The molecule has 11 heteroatoms. The summed E-state index contributed by atoms with van der Waals surface area (Å²) in [5.74, 6) is 1.55. The molecule has 2 aliphatic rings. The van der Waals surface area contributed by atoms with Gasteiger partial charge in [0.05, 0.1) is 5.39 Å². The fraction of sp³-hybridized carbons (Fsp3) is 0.484. The lowest BCUT2D eigenvalue weighted by Crippen LogP contribution is -2.49. The molecule has 42 heavy (non-hydrogen) atoms. The van der Waals surface area contributed by atoms with Gasteiger partial charge in [0.2, 0.25) is 0 Å². The van der Waals surface area contributed by atoms with E-state index in [9.17, 15) is 4.79 Å². The van der Waals surface area contributed by atoms with Crippen LogP contribution in [0.5, 0.6) is 0 Å². The maximum absolute atomic E-state index is 12.6. The molecule has 2 fully saturated rings. The van der Waals surface area contributed by atoms with Gasteiger partial charge in [-0.3, -0.25) is 10.2 Å². The number of likely N-dealkylation sites (N-methyl/N-ethyl adjacent to an activating group) is 1. The van der Waals surface area contributed by atoms with E-state index in [2.05, 4.69) is 53.4 Å². The number of nitrogens with zero attached hydrogens (tertiary/aromatic N) is 6. The van der Waals surface area contributed by atoms with Crippen molar-refractivity contribution in [2.75, 3.05) is 49.6 Å². The highest BCUT2D eigenvalue weighted by Crippen LogP contribution is 2.39. The van der Waals surface area contributed by atoms with Crippen LogP contribution in [-0.2, 0) is 5.41 Å². The molecule has 222 valence electrons. The Morgan fingerprint density at radius 2 is 1.67 bits per heavy atom. The molecule has 0 unspecified atom stereocenters. The summed E-state index contributed by atoms with van der Waals surface area (Å²) in [6.07, 6.45) is 8.36. The van der Waals surface area contributed by atoms with E-state index in [0.717, 1.165) is 61.2 Å². The summed E-state index contributed by atoms with van der Waals surface area (Å²) >= 11 is 0. The first-order chi connectivity index (χ1) is 20.2. The van der Waals surface area contributed by atoms with Gasteiger partial charge in [0.25, 0.3) is 0 Å². The molecule has 6 rings (SSSR count). The van der Waals surface area contributed by atoms with E-state index in [1.54, 1.807) is 12.4 Å². The Bertz CT molecular complexity index is 1540. The van der Waals surface area contributed by atoms with Crippen molar-refractivity contribution in [3.63, 3.8) is 0 Å². The molecular weight excluding hydrogens is 530 g/mol. The van der Waals surface area contributed by atoms with E-state index in [4.69, 9.17) is 10.3 Å². The van der Waals surface area contributed by atoms with Crippen LogP contribution < -0.4 is 16.4 Å². The number of rotatable bonds is 5. The molecule has 11 nitrogen and oxygen atoms in total. The van der Waals surface area contributed by atoms with Crippen molar-refractivity contribution in [2.24, 2.45) is 0 Å². The number of hydrogen-bond acceptors (Lipinski definition) is 8. The van der Waals surface area contributed by atoms with Crippen molar-refractivity contribution < 1.29 is 9.32 Å². The summed E-state index contributed by atoms with van der Waals surface area (Å²) in [5, 5.41) is 10.4. The van der Waals surface area contributed by atoms with Crippen molar-refractivity contribution in [3.8, 4) is 11.1 Å². The molecule has 4 N–H and O–H groups in total. The van der Waals surface area contributed by atoms with Crippen LogP contribution in [0.1, 0.15) is 58.3 Å². The zero-order valence-corrected chi connectivity index (χ0v) is 24.9. The second-order valence-electron chi connectivity index (χ2n) is 12.7. The van der Waals surface area contributed by atoms with Crippen LogP contribution in [0.2, 0.25) is 0 Å². The Hall–Kier alpha value is -3.96. The molecular formula is C31H41N9O2. The number of piperazine rings is 1. The van der Waals surface area contributed by atoms with Crippen molar-refractivity contribution in [2.45, 2.75) is 64.0 Å². The average Bonchev–Trinajstić information content (AvgIpc) is 3.60. The fourth-order valence-electron chi connectivity index (χ4n) is 6.19. The number of nitrogens with two attached hydrogens (primary N) is 1. The maximum atomic E-state index is 12.6. The maximum Gasteiger partial charge on any atom is 0.324 e. The minimum absolute atomic E-state index is 0.194. The summed E-state index contributed by atoms with van der Waals surface area (Å²) in [7, 11) is 2.21. The van der Waals surface area contributed by atoms with Crippen LogP contribution in [0, 0.1) is 0 Å². The Morgan fingerprint density at radius 3 is 2.33 bits per heavy atom. The molecule has 4 aromatic rings. The van der Waals surface area contributed by atoms with Crippen molar-refractivity contribution >= 4 is 34.4 Å². The van der Waals surface area contributed by atoms with Gasteiger partial charge in [-0.05, 0) is 50.4 Å². The number of benzene rings is 1. The van der Waals surface area contributed by atoms with Gasteiger partial charge >= 0.3 is 6.03 Å². The average molecular weight is 572 g/mol. The van der Waals surface area contributed by atoms with Gasteiger partial charge in [0.1, 0.15) is 23.6 Å². The largest absolute Gasteiger partial charge is 0.383 e. The van der Waals surface area contributed by atoms with Gasteiger partial charge in [0.15, 0.2) is 5.82 Å². The standard InChI is InChI=1S/C31H41N9O2/c1-31(2,3)25-17-26(37-42-25)36-30(41)35-21-7-5-20(6-8-21)24-18-40(29-27(24)28(32)33-19-34-29)23-11-9-22(10-12-23)39-15-13-38(4)14-16-39/h5-8,17-19,22-23H,9-16H2,1-4H3,(H2,32,33,34)(H2,35,36,37,41)/t22-,23+. The Kier molecular flexibility index (Phi) is 7.63. The summed E-state index contributed by atoms with van der Waals surface area (Å²) in [6.45, 7) is 10.7. The van der Waals surface area contributed by atoms with E-state index < -0.39 is 6.03 Å². The monoisotopic (exact) mass is 571 g/mol. The molecule has 1 aliphatic carbocycles. The molecule has 1 saturated heterocycles. The van der Waals surface area contributed by atoms with Gasteiger partial charge in [-0.25, -0.2) is 14.8 Å². The van der Waals surface area contributed by atoms with Gasteiger partial charge in [0, 0.05) is 67.2 Å². The number of anilines is 3. The summed E-state index contributed by atoms with van der Waals surface area (Å²) in [5.41, 5.74) is 9.74. The molecule has 1 aliphatic heterocycles. The van der Waals surface area contributed by atoms with Crippen LogP contribution >= 0.6 is 0 Å². The highest BCUT2D eigenvalue weighted by molar-refractivity contribution is 6.02. The number of carbonyl (C=O) groups excluding carboxylic acids is 1. The van der Waals surface area contributed by atoms with E-state index in [0.29, 0.717) is 35.2 Å². The highest BCUT2D eigenvalue weighted by atomic mass is 16.5. The SMILES string of the molecule is CN1CCN([C@H]2CC[C@@H](n3cc(-c4ccc(NC(=O)Nc5cc(C(C)(C)C)on5)cc4)c4c(N)ncnc43)CC2)CC1. The Labute approximate surface area is 246 Å². The second-order valence-corrected chi connectivity index (χ2v) is 12.7. The topological polar surface area (TPSA) is 130 Å².